The minimum absolute atomic E-state index is 0.0566. The van der Waals surface area contributed by atoms with E-state index in [0.29, 0.717) is 10.9 Å². The molecule has 8 nitrogen and oxygen atoms in total. The van der Waals surface area contributed by atoms with E-state index >= 15 is 0 Å². The van der Waals surface area contributed by atoms with Crippen molar-refractivity contribution in [2.45, 2.75) is 26.2 Å². The van der Waals surface area contributed by atoms with Crippen LogP contribution in [0.3, 0.4) is 0 Å². The molecule has 0 fully saturated rings. The molecule has 0 unspecified atom stereocenters. The summed E-state index contributed by atoms with van der Waals surface area (Å²) in [5.74, 6) is -2.26. The topological polar surface area (TPSA) is 118 Å². The van der Waals surface area contributed by atoms with Crippen LogP contribution >= 0.6 is 0 Å². The Morgan fingerprint density at radius 1 is 1.00 bits per heavy atom. The molecule has 3 rings (SSSR count). The second kappa shape index (κ2) is 8.28. The maximum Gasteiger partial charge on any atom is 0.359 e. The second-order valence-corrected chi connectivity index (χ2v) is 7.73. The quantitative estimate of drug-likeness (QED) is 0.641. The molecule has 0 atom stereocenters. The maximum atomic E-state index is 12.3. The highest BCUT2D eigenvalue weighted by Gasteiger charge is 2.19. The number of nitrogens with one attached hydrogen (secondary N) is 2. The predicted molar refractivity (Wildman–Crippen MR) is 110 cm³/mol. The van der Waals surface area contributed by atoms with Crippen molar-refractivity contribution >= 4 is 28.6 Å². The van der Waals surface area contributed by atoms with Gasteiger partial charge in [-0.1, -0.05) is 51.1 Å². The number of carbonyl (C=O) groups excluding carboxylic acids is 3. The van der Waals surface area contributed by atoms with Crippen molar-refractivity contribution in [3.63, 3.8) is 0 Å². The first-order chi connectivity index (χ1) is 14.2. The number of imide groups is 1. The van der Waals surface area contributed by atoms with Crippen molar-refractivity contribution in [2.75, 3.05) is 6.61 Å². The number of nitrogens with zero attached hydrogens (tertiary/aromatic N) is 1. The fourth-order valence-electron chi connectivity index (χ4n) is 2.83. The van der Waals surface area contributed by atoms with Crippen LogP contribution in [0.4, 0.5) is 0 Å². The minimum Gasteiger partial charge on any atom is -0.451 e. The van der Waals surface area contributed by atoms with Crippen LogP contribution < -0.4 is 10.9 Å². The van der Waals surface area contributed by atoms with E-state index in [-0.39, 0.29) is 16.5 Å². The number of benzene rings is 2. The summed E-state index contributed by atoms with van der Waals surface area (Å²) < 4.78 is 4.95. The first-order valence-electron chi connectivity index (χ1n) is 9.26. The highest BCUT2D eigenvalue weighted by atomic mass is 16.5. The lowest BCUT2D eigenvalue weighted by atomic mass is 9.87. The molecule has 3 aromatic rings. The Bertz CT molecular complexity index is 1170. The number of amides is 2. The first kappa shape index (κ1) is 20.9. The van der Waals surface area contributed by atoms with E-state index in [1.807, 2.05) is 12.1 Å². The number of rotatable bonds is 4. The van der Waals surface area contributed by atoms with Crippen LogP contribution in [0.5, 0.6) is 0 Å². The van der Waals surface area contributed by atoms with Gasteiger partial charge in [0.1, 0.15) is 0 Å². The molecule has 8 heteroatoms. The molecule has 1 aromatic heterocycles. The predicted octanol–water partition coefficient (Wildman–Crippen LogP) is 2.33. The second-order valence-electron chi connectivity index (χ2n) is 7.73. The van der Waals surface area contributed by atoms with E-state index in [4.69, 9.17) is 4.74 Å². The van der Waals surface area contributed by atoms with Crippen LogP contribution in [0.2, 0.25) is 0 Å². The average Bonchev–Trinajstić information content (AvgIpc) is 2.72. The highest BCUT2D eigenvalue weighted by Crippen LogP contribution is 2.22. The molecule has 2 aromatic carbocycles. The molecule has 0 bridgehead atoms. The maximum absolute atomic E-state index is 12.3. The van der Waals surface area contributed by atoms with Crippen LogP contribution in [-0.4, -0.2) is 34.6 Å². The summed E-state index contributed by atoms with van der Waals surface area (Å²) in [4.78, 5) is 48.3. The van der Waals surface area contributed by atoms with Gasteiger partial charge in [-0.3, -0.25) is 19.7 Å². The number of fused-ring (bicyclic) bond motifs is 1. The van der Waals surface area contributed by atoms with Gasteiger partial charge in [0.05, 0.1) is 5.39 Å². The highest BCUT2D eigenvalue weighted by molar-refractivity contribution is 6.06. The summed E-state index contributed by atoms with van der Waals surface area (Å²) in [5, 5.41) is 8.69. The van der Waals surface area contributed by atoms with Gasteiger partial charge in [0.25, 0.3) is 17.4 Å². The van der Waals surface area contributed by atoms with E-state index in [9.17, 15) is 19.2 Å². The molecule has 0 aliphatic heterocycles. The van der Waals surface area contributed by atoms with Gasteiger partial charge in [-0.05, 0) is 29.2 Å². The number of hydrogen-bond donors (Lipinski definition) is 2. The summed E-state index contributed by atoms with van der Waals surface area (Å²) in [7, 11) is 0. The van der Waals surface area contributed by atoms with Crippen LogP contribution in [0.25, 0.3) is 10.8 Å². The SMILES string of the molecule is CC(C)(C)c1ccc(C(=O)NC(=O)COC(=O)c2n[nH]c(=O)c3ccccc23)cc1. The summed E-state index contributed by atoms with van der Waals surface area (Å²) in [6, 6.07) is 13.3. The van der Waals surface area contributed by atoms with E-state index in [0.717, 1.165) is 5.56 Å². The molecule has 2 amide bonds. The van der Waals surface area contributed by atoms with Crippen molar-refractivity contribution in [3.8, 4) is 0 Å². The monoisotopic (exact) mass is 407 g/mol. The van der Waals surface area contributed by atoms with Crippen molar-refractivity contribution < 1.29 is 19.1 Å². The Balaban J connectivity index is 1.62. The summed E-state index contributed by atoms with van der Waals surface area (Å²) >= 11 is 0. The van der Waals surface area contributed by atoms with E-state index in [1.165, 1.54) is 0 Å². The van der Waals surface area contributed by atoms with Crippen molar-refractivity contribution in [1.82, 2.24) is 15.5 Å². The van der Waals surface area contributed by atoms with Crippen LogP contribution in [0, 0.1) is 0 Å². The molecule has 154 valence electrons. The van der Waals surface area contributed by atoms with Gasteiger partial charge < -0.3 is 4.74 Å². The van der Waals surface area contributed by atoms with Crippen molar-refractivity contribution in [1.29, 1.82) is 0 Å². The lowest BCUT2D eigenvalue weighted by Crippen LogP contribution is -2.34. The van der Waals surface area contributed by atoms with Gasteiger partial charge in [-0.15, -0.1) is 0 Å². The van der Waals surface area contributed by atoms with E-state index < -0.39 is 29.9 Å². The normalized spacial score (nSPS) is 11.2. The third-order valence-corrected chi connectivity index (χ3v) is 4.49. The third-order valence-electron chi connectivity index (χ3n) is 4.49. The van der Waals surface area contributed by atoms with Crippen molar-refractivity contribution in [2.24, 2.45) is 0 Å². The Hall–Kier alpha value is -3.81. The molecule has 0 aliphatic rings. The lowest BCUT2D eigenvalue weighted by Gasteiger charge is -2.18. The Kier molecular flexibility index (Phi) is 5.77. The summed E-state index contributed by atoms with van der Waals surface area (Å²) in [5.41, 5.74) is 0.750. The largest absolute Gasteiger partial charge is 0.451 e. The number of aromatic nitrogens is 2. The zero-order valence-electron chi connectivity index (χ0n) is 16.8. The number of esters is 1. The molecular formula is C22H21N3O5. The van der Waals surface area contributed by atoms with Gasteiger partial charge >= 0.3 is 5.97 Å². The average molecular weight is 407 g/mol. The molecule has 0 saturated carbocycles. The van der Waals surface area contributed by atoms with Crippen LogP contribution in [-0.2, 0) is 14.9 Å². The number of H-pyrrole nitrogens is 1. The fourth-order valence-corrected chi connectivity index (χ4v) is 2.83. The molecule has 0 spiro atoms. The first-order valence-corrected chi connectivity index (χ1v) is 9.26. The fraction of sp³-hybridized carbons (Fsp3) is 0.227. The zero-order valence-corrected chi connectivity index (χ0v) is 16.8. The molecular weight excluding hydrogens is 386 g/mol. The molecule has 0 radical (unpaired) electrons. The van der Waals surface area contributed by atoms with Gasteiger partial charge in [-0.25, -0.2) is 9.89 Å². The summed E-state index contributed by atoms with van der Waals surface area (Å²) in [6.07, 6.45) is 0. The van der Waals surface area contributed by atoms with E-state index in [1.54, 1.807) is 36.4 Å². The Morgan fingerprint density at radius 3 is 2.27 bits per heavy atom. The minimum atomic E-state index is -0.889. The number of ether oxygens (including phenoxy) is 1. The summed E-state index contributed by atoms with van der Waals surface area (Å²) in [6.45, 7) is 5.50. The zero-order chi connectivity index (χ0) is 21.9. The van der Waals surface area contributed by atoms with Crippen LogP contribution in [0.1, 0.15) is 47.2 Å². The lowest BCUT2D eigenvalue weighted by molar-refractivity contribution is -0.123. The standard InChI is InChI=1S/C22H21N3O5/c1-22(2,3)14-10-8-13(9-11-14)19(27)23-17(26)12-30-21(29)18-15-6-4-5-7-16(15)20(28)25-24-18/h4-11H,12H2,1-3H3,(H,25,28)(H,23,26,27). The van der Waals surface area contributed by atoms with Crippen LogP contribution in [0.15, 0.2) is 53.3 Å². The number of carbonyl (C=O) groups is 3. The molecule has 0 saturated heterocycles. The Labute approximate surface area is 172 Å². The number of aromatic amines is 1. The van der Waals surface area contributed by atoms with Crippen molar-refractivity contribution in [3.05, 3.63) is 75.7 Å². The third kappa shape index (κ3) is 4.60. The molecule has 30 heavy (non-hydrogen) atoms. The van der Waals surface area contributed by atoms with E-state index in [2.05, 4.69) is 36.3 Å². The van der Waals surface area contributed by atoms with Gasteiger partial charge in [0, 0.05) is 10.9 Å². The van der Waals surface area contributed by atoms with Gasteiger partial charge in [-0.2, -0.15) is 5.10 Å². The van der Waals surface area contributed by atoms with Gasteiger partial charge in [0.15, 0.2) is 12.3 Å². The molecule has 2 N–H and O–H groups in total. The van der Waals surface area contributed by atoms with Gasteiger partial charge in [0.2, 0.25) is 0 Å². The number of hydrogen-bond acceptors (Lipinski definition) is 6. The molecule has 0 aliphatic carbocycles. The Morgan fingerprint density at radius 2 is 1.63 bits per heavy atom. The smallest absolute Gasteiger partial charge is 0.359 e. The molecule has 1 heterocycles.